The zero-order valence-corrected chi connectivity index (χ0v) is 17.4. The highest BCUT2D eigenvalue weighted by Crippen LogP contribution is 2.20. The van der Waals surface area contributed by atoms with Crippen LogP contribution in [0.15, 0.2) is 42.9 Å². The van der Waals surface area contributed by atoms with Crippen molar-refractivity contribution in [3.05, 3.63) is 59.3 Å². The van der Waals surface area contributed by atoms with Crippen molar-refractivity contribution in [2.24, 2.45) is 13.0 Å². The fraction of sp³-hybridized carbons (Fsp3) is 0.333. The van der Waals surface area contributed by atoms with E-state index in [2.05, 4.69) is 15.4 Å². The third-order valence-electron chi connectivity index (χ3n) is 5.35. The van der Waals surface area contributed by atoms with Gasteiger partial charge in [-0.25, -0.2) is 4.98 Å². The molecule has 0 radical (unpaired) electrons. The summed E-state index contributed by atoms with van der Waals surface area (Å²) < 4.78 is 3.45. The minimum absolute atomic E-state index is 0.0465. The summed E-state index contributed by atoms with van der Waals surface area (Å²) in [6.45, 7) is 1.93. The molecule has 4 rings (SSSR count). The maximum Gasteiger partial charge on any atom is 0.254 e. The Bertz CT molecular complexity index is 1090. The van der Waals surface area contributed by atoms with Crippen LogP contribution in [0.25, 0.3) is 11.7 Å². The summed E-state index contributed by atoms with van der Waals surface area (Å²) in [4.78, 5) is 30.8. The second-order valence-corrected chi connectivity index (χ2v) is 7.79. The number of aryl methyl sites for hydroxylation is 1. The summed E-state index contributed by atoms with van der Waals surface area (Å²) in [5.74, 6) is 0.191. The molecule has 0 aromatic carbocycles. The first-order valence-corrected chi connectivity index (χ1v) is 10.3. The Hall–Kier alpha value is -3.13. The lowest BCUT2D eigenvalue weighted by atomic mass is 9.96. The molecule has 0 aliphatic carbocycles. The Morgan fingerprint density at radius 3 is 2.83 bits per heavy atom. The van der Waals surface area contributed by atoms with Crippen molar-refractivity contribution in [1.82, 2.24) is 29.4 Å². The van der Waals surface area contributed by atoms with E-state index in [1.165, 1.54) is 0 Å². The quantitative estimate of drug-likeness (QED) is 0.635. The van der Waals surface area contributed by atoms with Crippen LogP contribution in [0.4, 0.5) is 0 Å². The number of pyridine rings is 1. The maximum absolute atomic E-state index is 12.6. The van der Waals surface area contributed by atoms with Gasteiger partial charge in [-0.15, -0.1) is 0 Å². The van der Waals surface area contributed by atoms with E-state index in [9.17, 15) is 9.59 Å². The summed E-state index contributed by atoms with van der Waals surface area (Å²) in [5.41, 5.74) is 1.98. The van der Waals surface area contributed by atoms with Crippen LogP contribution >= 0.6 is 11.6 Å². The van der Waals surface area contributed by atoms with Crippen molar-refractivity contribution >= 4 is 35.1 Å². The minimum Gasteiger partial charge on any atom is -0.352 e. The van der Waals surface area contributed by atoms with Crippen LogP contribution in [-0.2, 0) is 11.8 Å². The number of aromatic nitrogens is 4. The Kier molecular flexibility index (Phi) is 5.85. The summed E-state index contributed by atoms with van der Waals surface area (Å²) in [6, 6.07) is 5.64. The van der Waals surface area contributed by atoms with Gasteiger partial charge in [0.25, 0.3) is 5.91 Å². The van der Waals surface area contributed by atoms with Crippen molar-refractivity contribution in [3.63, 3.8) is 0 Å². The van der Waals surface area contributed by atoms with Gasteiger partial charge in [0.15, 0.2) is 5.15 Å². The molecule has 3 aromatic rings. The summed E-state index contributed by atoms with van der Waals surface area (Å²) in [7, 11) is 1.78. The highest BCUT2D eigenvalue weighted by atomic mass is 35.5. The van der Waals surface area contributed by atoms with Crippen LogP contribution in [-0.4, -0.2) is 55.5 Å². The van der Waals surface area contributed by atoms with Crippen molar-refractivity contribution < 1.29 is 9.59 Å². The van der Waals surface area contributed by atoms with Gasteiger partial charge >= 0.3 is 0 Å². The summed E-state index contributed by atoms with van der Waals surface area (Å²) in [5, 5.41) is 7.34. The number of imidazole rings is 1. The molecule has 3 aromatic heterocycles. The van der Waals surface area contributed by atoms with Crippen LogP contribution in [0.3, 0.4) is 0 Å². The molecule has 0 spiro atoms. The third-order valence-corrected chi connectivity index (χ3v) is 5.63. The van der Waals surface area contributed by atoms with E-state index in [0.717, 1.165) is 18.5 Å². The van der Waals surface area contributed by atoms with Gasteiger partial charge in [0.2, 0.25) is 5.91 Å². The first kappa shape index (κ1) is 20.2. The van der Waals surface area contributed by atoms with Crippen molar-refractivity contribution in [2.75, 3.05) is 19.6 Å². The van der Waals surface area contributed by atoms with Crippen molar-refractivity contribution in [2.45, 2.75) is 12.8 Å². The predicted octanol–water partition coefficient (Wildman–Crippen LogP) is 2.40. The lowest BCUT2D eigenvalue weighted by Gasteiger charge is -2.31. The number of hydrogen-bond acceptors (Lipinski definition) is 4. The van der Waals surface area contributed by atoms with Crippen LogP contribution < -0.4 is 5.32 Å². The number of halogens is 1. The largest absolute Gasteiger partial charge is 0.352 e. The lowest BCUT2D eigenvalue weighted by Crippen LogP contribution is -2.40. The summed E-state index contributed by atoms with van der Waals surface area (Å²) in [6.07, 6.45) is 10.1. The smallest absolute Gasteiger partial charge is 0.254 e. The van der Waals surface area contributed by atoms with E-state index < -0.39 is 0 Å². The van der Waals surface area contributed by atoms with E-state index in [1.54, 1.807) is 36.3 Å². The second-order valence-electron chi connectivity index (χ2n) is 7.43. The molecule has 1 fully saturated rings. The standard InChI is InChI=1S/C21H23ClN6O2/c1-26-14-16(13-24-26)21(30)23-12-15-7-10-27(11-8-15)19(29)6-5-17-20(22)25-18-4-2-3-9-28(17)18/h2-6,9,13-15H,7-8,10-12H2,1H3,(H,23,30). The average molecular weight is 427 g/mol. The maximum atomic E-state index is 12.6. The number of likely N-dealkylation sites (tertiary alicyclic amines) is 1. The molecule has 1 N–H and O–H groups in total. The number of hydrogen-bond donors (Lipinski definition) is 1. The fourth-order valence-electron chi connectivity index (χ4n) is 3.63. The Morgan fingerprint density at radius 1 is 1.30 bits per heavy atom. The van der Waals surface area contributed by atoms with Gasteiger partial charge in [0.1, 0.15) is 5.65 Å². The normalized spacial score (nSPS) is 15.2. The van der Waals surface area contributed by atoms with E-state index in [-0.39, 0.29) is 11.8 Å². The Balaban J connectivity index is 1.28. The number of carbonyl (C=O) groups excluding carboxylic acids is 2. The molecule has 0 atom stereocenters. The van der Waals surface area contributed by atoms with E-state index in [0.29, 0.717) is 42.0 Å². The first-order chi connectivity index (χ1) is 14.5. The molecule has 0 unspecified atom stereocenters. The molecule has 1 aliphatic rings. The number of rotatable bonds is 5. The van der Waals surface area contributed by atoms with Gasteiger partial charge < -0.3 is 10.2 Å². The van der Waals surface area contributed by atoms with Gasteiger partial charge in [-0.3, -0.25) is 18.7 Å². The van der Waals surface area contributed by atoms with Gasteiger partial charge in [-0.2, -0.15) is 5.10 Å². The van der Waals surface area contributed by atoms with Gasteiger partial charge in [0, 0.05) is 45.2 Å². The molecule has 2 amide bonds. The molecule has 1 saturated heterocycles. The van der Waals surface area contributed by atoms with E-state index >= 15 is 0 Å². The molecule has 1 aliphatic heterocycles. The molecule has 0 bridgehead atoms. The molecule has 4 heterocycles. The summed E-state index contributed by atoms with van der Waals surface area (Å²) >= 11 is 6.21. The number of amides is 2. The number of piperidine rings is 1. The van der Waals surface area contributed by atoms with Crippen molar-refractivity contribution in [1.29, 1.82) is 0 Å². The number of nitrogens with one attached hydrogen (secondary N) is 1. The van der Waals surface area contributed by atoms with Crippen LogP contribution in [0, 0.1) is 5.92 Å². The molecule has 30 heavy (non-hydrogen) atoms. The zero-order valence-electron chi connectivity index (χ0n) is 16.7. The molecule has 9 heteroatoms. The second kappa shape index (κ2) is 8.71. The Labute approximate surface area is 179 Å². The van der Waals surface area contributed by atoms with Crippen molar-refractivity contribution in [3.8, 4) is 0 Å². The lowest BCUT2D eigenvalue weighted by molar-refractivity contribution is -0.127. The van der Waals surface area contributed by atoms with Gasteiger partial charge in [-0.05, 0) is 37.0 Å². The minimum atomic E-state index is -0.116. The highest BCUT2D eigenvalue weighted by molar-refractivity contribution is 6.31. The van der Waals surface area contributed by atoms with Gasteiger partial charge in [-0.1, -0.05) is 17.7 Å². The topological polar surface area (TPSA) is 84.5 Å². The number of carbonyl (C=O) groups is 2. The van der Waals surface area contributed by atoms with E-state index in [1.807, 2.05) is 33.7 Å². The molecule has 156 valence electrons. The van der Waals surface area contributed by atoms with Crippen LogP contribution in [0.5, 0.6) is 0 Å². The van der Waals surface area contributed by atoms with Crippen LogP contribution in [0.2, 0.25) is 5.15 Å². The number of nitrogens with zero attached hydrogens (tertiary/aromatic N) is 5. The van der Waals surface area contributed by atoms with Crippen LogP contribution in [0.1, 0.15) is 28.9 Å². The molecular weight excluding hydrogens is 404 g/mol. The monoisotopic (exact) mass is 426 g/mol. The highest BCUT2D eigenvalue weighted by Gasteiger charge is 2.22. The Morgan fingerprint density at radius 2 is 2.10 bits per heavy atom. The van der Waals surface area contributed by atoms with E-state index in [4.69, 9.17) is 11.6 Å². The SMILES string of the molecule is Cn1cc(C(=O)NCC2CCN(C(=O)C=Cc3c(Cl)nc4ccccn34)CC2)cn1. The third kappa shape index (κ3) is 4.38. The number of fused-ring (bicyclic) bond motifs is 1. The zero-order chi connectivity index (χ0) is 21.1. The fourth-order valence-corrected chi connectivity index (χ4v) is 3.87. The van der Waals surface area contributed by atoms with Gasteiger partial charge in [0.05, 0.1) is 17.5 Å². The molecule has 8 nitrogen and oxygen atoms in total. The average Bonchev–Trinajstić information content (AvgIpc) is 3.33. The molecular formula is C21H23ClN6O2. The molecule has 0 saturated carbocycles. The first-order valence-electron chi connectivity index (χ1n) is 9.87. The predicted molar refractivity (Wildman–Crippen MR) is 114 cm³/mol.